The van der Waals surface area contributed by atoms with Crippen LogP contribution in [0.25, 0.3) is 0 Å². The third-order valence-electron chi connectivity index (χ3n) is 6.16. The number of phosphoric ester groups is 1. The molecule has 3 atom stereocenters. The Morgan fingerprint density at radius 1 is 1.12 bits per heavy atom. The van der Waals surface area contributed by atoms with E-state index < -0.39 is 25.6 Å². The number of amides is 1. The number of carbonyl (C=O) groups is 1. The molecule has 1 saturated carbocycles. The van der Waals surface area contributed by atoms with Crippen LogP contribution in [0.4, 0.5) is 4.79 Å². The molecule has 0 bridgehead atoms. The van der Waals surface area contributed by atoms with Gasteiger partial charge < -0.3 is 14.5 Å². The SMILES string of the molecule is CC(C)(C)OC(=O)N1CC2CCCCC2CN1CC(CCc1ccccc1)OP(=O)(O)O. The van der Waals surface area contributed by atoms with E-state index in [0.717, 1.165) is 18.4 Å². The van der Waals surface area contributed by atoms with Crippen LogP contribution < -0.4 is 0 Å². The summed E-state index contributed by atoms with van der Waals surface area (Å²) in [6.07, 6.45) is 4.47. The van der Waals surface area contributed by atoms with Gasteiger partial charge in [-0.15, -0.1) is 0 Å². The first-order chi connectivity index (χ1) is 15.0. The van der Waals surface area contributed by atoms with E-state index in [1.807, 2.05) is 56.1 Å². The van der Waals surface area contributed by atoms with Gasteiger partial charge in [0.05, 0.1) is 6.10 Å². The Balaban J connectivity index is 1.75. The Hall–Kier alpha value is -1.44. The fraction of sp³-hybridized carbons (Fsp3) is 0.696. The van der Waals surface area contributed by atoms with Crippen molar-refractivity contribution in [1.82, 2.24) is 10.0 Å². The molecular weight excluding hydrogens is 431 g/mol. The molecule has 180 valence electrons. The van der Waals surface area contributed by atoms with E-state index in [1.165, 1.54) is 12.8 Å². The van der Waals surface area contributed by atoms with E-state index in [0.29, 0.717) is 37.8 Å². The zero-order valence-corrected chi connectivity index (χ0v) is 20.2. The van der Waals surface area contributed by atoms with Crippen molar-refractivity contribution in [3.63, 3.8) is 0 Å². The lowest BCUT2D eigenvalue weighted by Gasteiger charge is -2.48. The van der Waals surface area contributed by atoms with E-state index in [2.05, 4.69) is 0 Å². The van der Waals surface area contributed by atoms with Gasteiger partial charge in [-0.1, -0.05) is 43.2 Å². The van der Waals surface area contributed by atoms with E-state index >= 15 is 0 Å². The Bertz CT molecular complexity index is 793. The first kappa shape index (κ1) is 25.2. The number of nitrogens with zero attached hydrogens (tertiary/aromatic N) is 2. The van der Waals surface area contributed by atoms with Gasteiger partial charge in [-0.2, -0.15) is 0 Å². The number of fused-ring (bicyclic) bond motifs is 1. The lowest BCUT2D eigenvalue weighted by Crippen LogP contribution is -2.59. The Morgan fingerprint density at radius 2 is 1.75 bits per heavy atom. The first-order valence-corrected chi connectivity index (χ1v) is 13.1. The van der Waals surface area contributed by atoms with Crippen LogP contribution in [0.3, 0.4) is 0 Å². The van der Waals surface area contributed by atoms with Crippen molar-refractivity contribution in [2.24, 2.45) is 11.8 Å². The van der Waals surface area contributed by atoms with Gasteiger partial charge in [-0.25, -0.2) is 19.4 Å². The smallest absolute Gasteiger partial charge is 0.443 e. The summed E-state index contributed by atoms with van der Waals surface area (Å²) in [6, 6.07) is 9.77. The molecule has 0 spiro atoms. The molecule has 1 amide bonds. The van der Waals surface area contributed by atoms with Gasteiger partial charge in [0.1, 0.15) is 5.60 Å². The molecule has 1 aromatic carbocycles. The maximum absolute atomic E-state index is 13.0. The van der Waals surface area contributed by atoms with Crippen molar-refractivity contribution in [3.8, 4) is 0 Å². The number of benzene rings is 1. The van der Waals surface area contributed by atoms with Crippen LogP contribution in [0.2, 0.25) is 0 Å². The van der Waals surface area contributed by atoms with Crippen LogP contribution in [0.5, 0.6) is 0 Å². The molecule has 8 nitrogen and oxygen atoms in total. The molecule has 0 radical (unpaired) electrons. The second-order valence-corrected chi connectivity index (χ2v) is 11.2. The normalized spacial score (nSPS) is 23.5. The van der Waals surface area contributed by atoms with Crippen molar-refractivity contribution in [1.29, 1.82) is 0 Å². The Morgan fingerprint density at radius 3 is 2.34 bits per heavy atom. The highest BCUT2D eigenvalue weighted by Gasteiger charge is 2.40. The maximum atomic E-state index is 13.0. The monoisotopic (exact) mass is 468 g/mol. The molecular formula is C23H37N2O6P. The minimum absolute atomic E-state index is 0.223. The van der Waals surface area contributed by atoms with Crippen LogP contribution in [0, 0.1) is 11.8 Å². The summed E-state index contributed by atoms with van der Waals surface area (Å²) in [7, 11) is -4.68. The average Bonchev–Trinajstić information content (AvgIpc) is 2.70. The maximum Gasteiger partial charge on any atom is 0.469 e. The van der Waals surface area contributed by atoms with Gasteiger partial charge in [-0.3, -0.25) is 4.52 Å². The lowest BCUT2D eigenvalue weighted by molar-refractivity contribution is -0.115. The summed E-state index contributed by atoms with van der Waals surface area (Å²) in [5.74, 6) is 0.894. The molecule has 1 aromatic rings. The molecule has 2 N–H and O–H groups in total. The molecule has 1 aliphatic heterocycles. The van der Waals surface area contributed by atoms with E-state index in [4.69, 9.17) is 9.26 Å². The molecule has 9 heteroatoms. The summed E-state index contributed by atoms with van der Waals surface area (Å²) in [4.78, 5) is 32.0. The summed E-state index contributed by atoms with van der Waals surface area (Å²) in [6.45, 7) is 6.96. The molecule has 2 fully saturated rings. The van der Waals surface area contributed by atoms with E-state index in [1.54, 1.807) is 5.01 Å². The summed E-state index contributed by atoms with van der Waals surface area (Å²) >= 11 is 0. The Kier molecular flexibility index (Phi) is 8.39. The Labute approximate surface area is 191 Å². The number of carbonyl (C=O) groups excluding carboxylic acids is 1. The highest BCUT2D eigenvalue weighted by Crippen LogP contribution is 2.40. The van der Waals surface area contributed by atoms with E-state index in [9.17, 15) is 19.1 Å². The number of hydrogen-bond donors (Lipinski definition) is 2. The molecule has 2 aliphatic rings. The highest BCUT2D eigenvalue weighted by molar-refractivity contribution is 7.46. The van der Waals surface area contributed by atoms with Crippen molar-refractivity contribution >= 4 is 13.9 Å². The minimum Gasteiger partial charge on any atom is -0.443 e. The molecule has 1 aliphatic carbocycles. The molecule has 1 saturated heterocycles. The summed E-state index contributed by atoms with van der Waals surface area (Å²) in [5, 5.41) is 3.53. The van der Waals surface area contributed by atoms with Gasteiger partial charge in [0, 0.05) is 19.6 Å². The van der Waals surface area contributed by atoms with Crippen molar-refractivity contribution in [2.75, 3.05) is 19.6 Å². The predicted molar refractivity (Wildman–Crippen MR) is 122 cm³/mol. The lowest BCUT2D eigenvalue weighted by atomic mass is 9.78. The highest BCUT2D eigenvalue weighted by atomic mass is 31.2. The van der Waals surface area contributed by atoms with Crippen molar-refractivity contribution in [2.45, 2.75) is 71.0 Å². The first-order valence-electron chi connectivity index (χ1n) is 11.5. The zero-order valence-electron chi connectivity index (χ0n) is 19.4. The zero-order chi connectivity index (χ0) is 23.4. The number of rotatable bonds is 7. The molecule has 3 unspecified atom stereocenters. The molecule has 1 heterocycles. The molecule has 32 heavy (non-hydrogen) atoms. The van der Waals surface area contributed by atoms with Gasteiger partial charge in [0.25, 0.3) is 0 Å². The molecule has 3 rings (SSSR count). The fourth-order valence-electron chi connectivity index (χ4n) is 4.73. The largest absolute Gasteiger partial charge is 0.469 e. The third-order valence-corrected chi connectivity index (χ3v) is 6.74. The van der Waals surface area contributed by atoms with Crippen LogP contribution in [0.1, 0.15) is 58.4 Å². The van der Waals surface area contributed by atoms with Gasteiger partial charge in [-0.05, 0) is 63.9 Å². The fourth-order valence-corrected chi connectivity index (χ4v) is 5.29. The number of hydrazine groups is 1. The predicted octanol–water partition coefficient (Wildman–Crippen LogP) is 4.37. The summed E-state index contributed by atoms with van der Waals surface area (Å²) < 4.78 is 22.5. The topological polar surface area (TPSA) is 99.5 Å². The van der Waals surface area contributed by atoms with Gasteiger partial charge in [0.2, 0.25) is 0 Å². The van der Waals surface area contributed by atoms with Gasteiger partial charge >= 0.3 is 13.9 Å². The van der Waals surface area contributed by atoms with Crippen molar-refractivity contribution < 1.29 is 28.4 Å². The van der Waals surface area contributed by atoms with Crippen LogP contribution in [0.15, 0.2) is 30.3 Å². The quantitative estimate of drug-likeness (QED) is 0.573. The number of hydrogen-bond acceptors (Lipinski definition) is 5. The van der Waals surface area contributed by atoms with E-state index in [-0.39, 0.29) is 6.54 Å². The number of ether oxygens (including phenoxy) is 1. The summed E-state index contributed by atoms with van der Waals surface area (Å²) in [5.41, 5.74) is 0.447. The second-order valence-electron chi connectivity index (χ2n) is 9.98. The van der Waals surface area contributed by atoms with Gasteiger partial charge in [0.15, 0.2) is 0 Å². The van der Waals surface area contributed by atoms with Crippen LogP contribution in [-0.4, -0.2) is 57.2 Å². The van der Waals surface area contributed by atoms with Crippen molar-refractivity contribution in [3.05, 3.63) is 35.9 Å². The standard InChI is InChI=1S/C23H37N2O6P/c1-23(2,3)30-22(26)25-16-20-12-8-7-11-19(20)15-24(25)17-21(31-32(27,28)29)14-13-18-9-5-4-6-10-18/h4-6,9-10,19-21H,7-8,11-17H2,1-3H3,(H2,27,28,29). The van der Waals surface area contributed by atoms with Crippen LogP contribution >= 0.6 is 7.82 Å². The molecule has 0 aromatic heterocycles. The minimum atomic E-state index is -4.68. The number of phosphoric acid groups is 1. The van der Waals surface area contributed by atoms with Crippen LogP contribution in [-0.2, 0) is 20.2 Å². The average molecular weight is 469 g/mol. The third kappa shape index (κ3) is 7.85. The number of aryl methyl sites for hydroxylation is 1. The second kappa shape index (κ2) is 10.7.